The molecule has 1 saturated heterocycles. The molecule has 0 atom stereocenters. The van der Waals surface area contributed by atoms with Gasteiger partial charge in [-0.05, 0) is 64.1 Å². The van der Waals surface area contributed by atoms with Crippen molar-refractivity contribution in [2.75, 3.05) is 11.4 Å². The van der Waals surface area contributed by atoms with Gasteiger partial charge >= 0.3 is 7.12 Å². The van der Waals surface area contributed by atoms with Crippen molar-refractivity contribution in [1.82, 2.24) is 0 Å². The van der Waals surface area contributed by atoms with E-state index in [0.29, 0.717) is 23.7 Å². The number of rotatable bonds is 4. The molecule has 1 aromatic carbocycles. The summed E-state index contributed by atoms with van der Waals surface area (Å²) in [7, 11) is -0.514. The number of hydrogen-bond acceptors (Lipinski definition) is 4. The molecule has 6 heteroatoms. The van der Waals surface area contributed by atoms with Crippen LogP contribution in [-0.4, -0.2) is 30.8 Å². The van der Waals surface area contributed by atoms with Gasteiger partial charge in [-0.1, -0.05) is 6.07 Å². The Bertz CT molecular complexity index is 719. The molecule has 2 aliphatic rings. The van der Waals surface area contributed by atoms with E-state index in [0.717, 1.165) is 18.3 Å². The van der Waals surface area contributed by atoms with Crippen LogP contribution in [0.3, 0.4) is 0 Å². The van der Waals surface area contributed by atoms with Crippen LogP contribution in [0.25, 0.3) is 0 Å². The van der Waals surface area contributed by atoms with Crippen molar-refractivity contribution >= 4 is 24.2 Å². The monoisotopic (exact) mass is 340 g/mol. The number of nitriles is 1. The molecule has 0 radical (unpaired) electrons. The second-order valence-electron chi connectivity index (χ2n) is 8.05. The summed E-state index contributed by atoms with van der Waals surface area (Å²) in [5.74, 6) is 0.519. The van der Waals surface area contributed by atoms with E-state index >= 15 is 0 Å². The molecule has 1 saturated carbocycles. The average molecular weight is 340 g/mol. The molecule has 25 heavy (non-hydrogen) atoms. The minimum atomic E-state index is -0.514. The van der Waals surface area contributed by atoms with Crippen LogP contribution < -0.4 is 10.4 Å². The van der Waals surface area contributed by atoms with Crippen molar-refractivity contribution < 1.29 is 14.1 Å². The number of benzene rings is 1. The van der Waals surface area contributed by atoms with Crippen molar-refractivity contribution in [1.29, 1.82) is 5.26 Å². The maximum atomic E-state index is 12.1. The van der Waals surface area contributed by atoms with E-state index in [1.54, 1.807) is 17.9 Å². The van der Waals surface area contributed by atoms with Gasteiger partial charge in [0.15, 0.2) is 0 Å². The Morgan fingerprint density at radius 1 is 1.28 bits per heavy atom. The predicted octanol–water partition coefficient (Wildman–Crippen LogP) is 2.62. The molecule has 1 aliphatic heterocycles. The van der Waals surface area contributed by atoms with Crippen molar-refractivity contribution in [3.05, 3.63) is 23.8 Å². The Morgan fingerprint density at radius 3 is 2.36 bits per heavy atom. The van der Waals surface area contributed by atoms with Gasteiger partial charge in [-0.15, -0.1) is 0 Å². The van der Waals surface area contributed by atoms with Gasteiger partial charge in [-0.3, -0.25) is 4.79 Å². The van der Waals surface area contributed by atoms with Crippen molar-refractivity contribution in [2.45, 2.75) is 58.7 Å². The minimum Gasteiger partial charge on any atom is -0.399 e. The number of amides is 1. The lowest BCUT2D eigenvalue weighted by Crippen LogP contribution is -2.41. The zero-order valence-electron chi connectivity index (χ0n) is 15.6. The second kappa shape index (κ2) is 6.15. The lowest BCUT2D eigenvalue weighted by Gasteiger charge is -2.32. The molecule has 1 heterocycles. The maximum Gasteiger partial charge on any atom is 0.494 e. The molecular weight excluding hydrogens is 315 g/mol. The van der Waals surface area contributed by atoms with E-state index in [4.69, 9.17) is 9.31 Å². The predicted molar refractivity (Wildman–Crippen MR) is 97.6 cm³/mol. The first kappa shape index (κ1) is 18.0. The van der Waals surface area contributed by atoms with Crippen LogP contribution >= 0.6 is 0 Å². The minimum absolute atomic E-state index is 0.0354. The summed E-state index contributed by atoms with van der Waals surface area (Å²) in [6.07, 6.45) is 2.30. The van der Waals surface area contributed by atoms with E-state index in [9.17, 15) is 10.1 Å². The molecule has 1 aromatic rings. The third-order valence-electron chi connectivity index (χ3n) is 5.48. The smallest absolute Gasteiger partial charge is 0.399 e. The quantitative estimate of drug-likeness (QED) is 0.791. The van der Waals surface area contributed by atoms with E-state index in [2.05, 4.69) is 6.07 Å². The highest BCUT2D eigenvalue weighted by Gasteiger charge is 2.51. The van der Waals surface area contributed by atoms with E-state index in [-0.39, 0.29) is 5.91 Å². The summed E-state index contributed by atoms with van der Waals surface area (Å²) in [4.78, 5) is 13.8. The fourth-order valence-electron chi connectivity index (χ4n) is 2.96. The normalized spacial score (nSPS) is 21.0. The van der Waals surface area contributed by atoms with Crippen LogP contribution in [0.5, 0.6) is 0 Å². The lowest BCUT2D eigenvalue weighted by atomic mass is 9.78. The number of nitrogens with zero attached hydrogens (tertiary/aromatic N) is 2. The van der Waals surface area contributed by atoms with Crippen molar-refractivity contribution in [3.63, 3.8) is 0 Å². The van der Waals surface area contributed by atoms with Gasteiger partial charge in [0.2, 0.25) is 5.91 Å². The van der Waals surface area contributed by atoms with Crippen molar-refractivity contribution in [2.24, 2.45) is 5.92 Å². The first-order chi connectivity index (χ1) is 11.6. The summed E-state index contributed by atoms with van der Waals surface area (Å²) in [5, 5.41) is 9.60. The largest absolute Gasteiger partial charge is 0.494 e. The number of carbonyl (C=O) groups excluding carboxylic acids is 1. The molecule has 0 aromatic heterocycles. The van der Waals surface area contributed by atoms with E-state index in [1.807, 2.05) is 39.8 Å². The Morgan fingerprint density at radius 2 is 1.88 bits per heavy atom. The van der Waals surface area contributed by atoms with Crippen LogP contribution in [0.1, 0.15) is 53.0 Å². The topological polar surface area (TPSA) is 62.6 Å². The highest BCUT2D eigenvalue weighted by atomic mass is 16.7. The standard InChI is InChI=1S/C19H25BN2O3/c1-13(23)22(12-14-6-7-14)17-9-8-16(10-15(17)11-21)20-24-18(2,3)19(4,5)25-20/h8-10,14H,6-7,12H2,1-5H3. The van der Waals surface area contributed by atoms with Crippen LogP contribution in [0.2, 0.25) is 0 Å². The molecule has 0 unspecified atom stereocenters. The number of hydrogen-bond donors (Lipinski definition) is 0. The Labute approximate surface area is 150 Å². The first-order valence-corrected chi connectivity index (χ1v) is 8.82. The first-order valence-electron chi connectivity index (χ1n) is 8.82. The van der Waals surface area contributed by atoms with Gasteiger partial charge in [0.25, 0.3) is 0 Å². The van der Waals surface area contributed by atoms with Gasteiger partial charge < -0.3 is 14.2 Å². The summed E-state index contributed by atoms with van der Waals surface area (Å²) in [6.45, 7) is 10.2. The summed E-state index contributed by atoms with van der Waals surface area (Å²) in [5.41, 5.74) is 1.08. The molecule has 1 aliphatic carbocycles. The zero-order valence-corrected chi connectivity index (χ0v) is 15.6. The third kappa shape index (κ3) is 3.44. The van der Waals surface area contributed by atoms with Gasteiger partial charge in [-0.25, -0.2) is 0 Å². The van der Waals surface area contributed by atoms with E-state index < -0.39 is 18.3 Å². The fourth-order valence-corrected chi connectivity index (χ4v) is 2.96. The van der Waals surface area contributed by atoms with Crippen LogP contribution in [0.4, 0.5) is 5.69 Å². The maximum absolute atomic E-state index is 12.1. The lowest BCUT2D eigenvalue weighted by molar-refractivity contribution is -0.116. The summed E-state index contributed by atoms with van der Waals surface area (Å²) >= 11 is 0. The van der Waals surface area contributed by atoms with Crippen LogP contribution in [-0.2, 0) is 14.1 Å². The summed E-state index contributed by atoms with van der Waals surface area (Å²) in [6, 6.07) is 7.73. The van der Waals surface area contributed by atoms with Gasteiger partial charge in [-0.2, -0.15) is 5.26 Å². The Hall–Kier alpha value is -1.84. The molecule has 0 bridgehead atoms. The second-order valence-corrected chi connectivity index (χ2v) is 8.05. The van der Waals surface area contributed by atoms with E-state index in [1.165, 1.54) is 0 Å². The Balaban J connectivity index is 1.90. The van der Waals surface area contributed by atoms with Crippen LogP contribution in [0, 0.1) is 17.2 Å². The Kier molecular flexibility index (Phi) is 4.42. The fraction of sp³-hybridized carbons (Fsp3) is 0.579. The third-order valence-corrected chi connectivity index (χ3v) is 5.48. The molecule has 0 N–H and O–H groups in total. The molecule has 0 spiro atoms. The molecule has 1 amide bonds. The van der Waals surface area contributed by atoms with Gasteiger partial charge in [0, 0.05) is 13.5 Å². The summed E-state index contributed by atoms with van der Waals surface area (Å²) < 4.78 is 12.1. The highest BCUT2D eigenvalue weighted by molar-refractivity contribution is 6.62. The number of anilines is 1. The van der Waals surface area contributed by atoms with Gasteiger partial charge in [0.05, 0.1) is 22.5 Å². The number of carbonyl (C=O) groups is 1. The van der Waals surface area contributed by atoms with Gasteiger partial charge in [0.1, 0.15) is 6.07 Å². The van der Waals surface area contributed by atoms with Crippen molar-refractivity contribution in [3.8, 4) is 6.07 Å². The molecule has 5 nitrogen and oxygen atoms in total. The molecular formula is C19H25BN2O3. The highest BCUT2D eigenvalue weighted by Crippen LogP contribution is 2.37. The molecule has 132 valence electrons. The molecule has 2 fully saturated rings. The SMILES string of the molecule is CC(=O)N(CC1CC1)c1ccc(B2OC(C)(C)C(C)(C)O2)cc1C#N. The zero-order chi connectivity index (χ0) is 18.4. The van der Waals surface area contributed by atoms with Crippen LogP contribution in [0.15, 0.2) is 18.2 Å². The molecule has 3 rings (SSSR count). The average Bonchev–Trinajstić information content (AvgIpc) is 3.31.